The topological polar surface area (TPSA) is 50.1 Å². The molecule has 0 amide bonds. The Bertz CT molecular complexity index is 524. The molecule has 20 heavy (non-hydrogen) atoms. The van der Waals surface area contributed by atoms with Crippen molar-refractivity contribution in [2.24, 2.45) is 0 Å². The van der Waals surface area contributed by atoms with Gasteiger partial charge in [0, 0.05) is 11.9 Å². The minimum Gasteiger partial charge on any atom is -0.394 e. The minimum atomic E-state index is -0.492. The molecule has 2 N–H and O–H groups in total. The summed E-state index contributed by atoms with van der Waals surface area (Å²) in [4.78, 5) is 0. The van der Waals surface area contributed by atoms with Crippen molar-refractivity contribution in [2.75, 3.05) is 13.2 Å². The summed E-state index contributed by atoms with van der Waals surface area (Å²) in [6.07, 6.45) is 2.81. The third kappa shape index (κ3) is 3.08. The molecular weight excluding hydrogens is 250 g/mol. The van der Waals surface area contributed by atoms with Crippen molar-refractivity contribution in [3.8, 4) is 0 Å². The van der Waals surface area contributed by atoms with Crippen LogP contribution in [0.2, 0.25) is 0 Å². The number of hydrogen-bond donors (Lipinski definition) is 2. The first kappa shape index (κ1) is 14.8. The van der Waals surface area contributed by atoms with E-state index in [1.165, 1.54) is 0 Å². The molecule has 1 aromatic heterocycles. The number of aliphatic hydroxyl groups is 1. The lowest BCUT2D eigenvalue weighted by atomic mass is 9.90. The van der Waals surface area contributed by atoms with Crippen LogP contribution in [0.25, 0.3) is 0 Å². The second kappa shape index (κ2) is 6.68. The van der Waals surface area contributed by atoms with E-state index in [1.54, 1.807) is 6.20 Å². The first-order valence-electron chi connectivity index (χ1n) is 7.11. The van der Waals surface area contributed by atoms with Crippen molar-refractivity contribution in [3.63, 3.8) is 0 Å². The second-order valence-corrected chi connectivity index (χ2v) is 5.16. The SMILES string of the molecule is CCCNC(CO)(Cn1nccc1C)c1ccccc1. The third-order valence-corrected chi connectivity index (χ3v) is 3.66. The van der Waals surface area contributed by atoms with Gasteiger partial charge in [0.05, 0.1) is 18.7 Å². The summed E-state index contributed by atoms with van der Waals surface area (Å²) in [5.74, 6) is 0. The molecule has 1 unspecified atom stereocenters. The van der Waals surface area contributed by atoms with Crippen LogP contribution in [-0.4, -0.2) is 28.0 Å². The molecule has 0 aliphatic carbocycles. The average molecular weight is 273 g/mol. The highest BCUT2D eigenvalue weighted by molar-refractivity contribution is 5.25. The van der Waals surface area contributed by atoms with Crippen molar-refractivity contribution in [1.29, 1.82) is 0 Å². The van der Waals surface area contributed by atoms with Crippen LogP contribution < -0.4 is 5.32 Å². The zero-order valence-electron chi connectivity index (χ0n) is 12.2. The van der Waals surface area contributed by atoms with Crippen molar-refractivity contribution in [3.05, 3.63) is 53.9 Å². The van der Waals surface area contributed by atoms with Gasteiger partial charge in [0.1, 0.15) is 0 Å². The van der Waals surface area contributed by atoms with Gasteiger partial charge in [0.15, 0.2) is 0 Å². The summed E-state index contributed by atoms with van der Waals surface area (Å²) in [7, 11) is 0. The molecular formula is C16H23N3O. The molecule has 0 radical (unpaired) electrons. The molecule has 1 aromatic carbocycles. The second-order valence-electron chi connectivity index (χ2n) is 5.16. The minimum absolute atomic E-state index is 0.0380. The number of aryl methyl sites for hydroxylation is 1. The van der Waals surface area contributed by atoms with Crippen LogP contribution in [0.1, 0.15) is 24.6 Å². The lowest BCUT2D eigenvalue weighted by Gasteiger charge is -2.34. The van der Waals surface area contributed by atoms with E-state index in [0.29, 0.717) is 6.54 Å². The molecule has 0 saturated heterocycles. The molecule has 108 valence electrons. The highest BCUT2D eigenvalue weighted by Crippen LogP contribution is 2.23. The molecule has 0 fully saturated rings. The molecule has 0 aliphatic heterocycles. The van der Waals surface area contributed by atoms with Gasteiger partial charge >= 0.3 is 0 Å². The number of rotatable bonds is 7. The Morgan fingerprint density at radius 3 is 2.55 bits per heavy atom. The molecule has 4 heteroatoms. The summed E-state index contributed by atoms with van der Waals surface area (Å²) in [6, 6.07) is 12.1. The molecule has 2 aromatic rings. The highest BCUT2D eigenvalue weighted by atomic mass is 16.3. The largest absolute Gasteiger partial charge is 0.394 e. The van der Waals surface area contributed by atoms with Gasteiger partial charge < -0.3 is 10.4 Å². The Morgan fingerprint density at radius 1 is 1.25 bits per heavy atom. The van der Waals surface area contributed by atoms with Crippen LogP contribution in [0.4, 0.5) is 0 Å². The fourth-order valence-electron chi connectivity index (χ4n) is 2.39. The Kier molecular flexibility index (Phi) is 4.93. The number of benzene rings is 1. The lowest BCUT2D eigenvalue weighted by Crippen LogP contribution is -2.49. The van der Waals surface area contributed by atoms with E-state index in [9.17, 15) is 5.11 Å². The normalized spacial score (nSPS) is 14.2. The van der Waals surface area contributed by atoms with E-state index < -0.39 is 5.54 Å². The maximum Gasteiger partial charge on any atom is 0.0867 e. The van der Waals surface area contributed by atoms with Crippen molar-refractivity contribution >= 4 is 0 Å². The maximum atomic E-state index is 10.0. The van der Waals surface area contributed by atoms with E-state index in [1.807, 2.05) is 35.9 Å². The summed E-state index contributed by atoms with van der Waals surface area (Å²) in [5.41, 5.74) is 1.69. The summed E-state index contributed by atoms with van der Waals surface area (Å²) >= 11 is 0. The molecule has 1 atom stereocenters. The molecule has 4 nitrogen and oxygen atoms in total. The predicted octanol–water partition coefficient (Wildman–Crippen LogP) is 2.08. The smallest absolute Gasteiger partial charge is 0.0867 e. The number of hydrogen-bond acceptors (Lipinski definition) is 3. The van der Waals surface area contributed by atoms with Crippen LogP contribution >= 0.6 is 0 Å². The monoisotopic (exact) mass is 273 g/mol. The highest BCUT2D eigenvalue weighted by Gasteiger charge is 2.32. The van der Waals surface area contributed by atoms with Crippen LogP contribution in [0.5, 0.6) is 0 Å². The van der Waals surface area contributed by atoms with Gasteiger partial charge in [-0.1, -0.05) is 37.3 Å². The van der Waals surface area contributed by atoms with E-state index in [0.717, 1.165) is 24.2 Å². The first-order valence-corrected chi connectivity index (χ1v) is 7.11. The fraction of sp³-hybridized carbons (Fsp3) is 0.438. The first-order chi connectivity index (χ1) is 9.72. The van der Waals surface area contributed by atoms with Gasteiger partial charge in [-0.2, -0.15) is 5.10 Å². The van der Waals surface area contributed by atoms with Crippen molar-refractivity contribution in [1.82, 2.24) is 15.1 Å². The molecule has 0 spiro atoms. The van der Waals surface area contributed by atoms with Crippen LogP contribution in [0.3, 0.4) is 0 Å². The summed E-state index contributed by atoms with van der Waals surface area (Å²) in [6.45, 7) is 5.66. The number of aromatic nitrogens is 2. The fourth-order valence-corrected chi connectivity index (χ4v) is 2.39. The zero-order valence-corrected chi connectivity index (χ0v) is 12.2. The maximum absolute atomic E-state index is 10.0. The van der Waals surface area contributed by atoms with Gasteiger partial charge in [-0.05, 0) is 31.5 Å². The van der Waals surface area contributed by atoms with Crippen LogP contribution in [-0.2, 0) is 12.1 Å². The summed E-state index contributed by atoms with van der Waals surface area (Å²) in [5, 5.41) is 17.9. The Balaban J connectivity index is 2.34. The summed E-state index contributed by atoms with van der Waals surface area (Å²) < 4.78 is 1.94. The van der Waals surface area contributed by atoms with E-state index >= 15 is 0 Å². The lowest BCUT2D eigenvalue weighted by molar-refractivity contribution is 0.137. The van der Waals surface area contributed by atoms with Crippen LogP contribution in [0.15, 0.2) is 42.6 Å². The quantitative estimate of drug-likeness (QED) is 0.812. The van der Waals surface area contributed by atoms with Crippen molar-refractivity contribution < 1.29 is 5.11 Å². The zero-order chi connectivity index (χ0) is 14.4. The Hall–Kier alpha value is -1.65. The molecule has 0 bridgehead atoms. The number of nitrogens with one attached hydrogen (secondary N) is 1. The van der Waals surface area contributed by atoms with Crippen LogP contribution in [0, 0.1) is 6.92 Å². The third-order valence-electron chi connectivity index (χ3n) is 3.66. The van der Waals surface area contributed by atoms with E-state index in [2.05, 4.69) is 29.5 Å². The van der Waals surface area contributed by atoms with E-state index in [4.69, 9.17) is 0 Å². The molecule has 1 heterocycles. The molecule has 0 saturated carbocycles. The van der Waals surface area contributed by atoms with Gasteiger partial charge in [-0.15, -0.1) is 0 Å². The van der Waals surface area contributed by atoms with Gasteiger partial charge in [-0.3, -0.25) is 4.68 Å². The van der Waals surface area contributed by atoms with Crippen molar-refractivity contribution in [2.45, 2.75) is 32.4 Å². The Morgan fingerprint density at radius 2 is 2.00 bits per heavy atom. The number of aliphatic hydroxyl groups excluding tert-OH is 1. The predicted molar refractivity (Wildman–Crippen MR) is 80.5 cm³/mol. The van der Waals surface area contributed by atoms with E-state index in [-0.39, 0.29) is 6.61 Å². The standard InChI is InChI=1S/C16H23N3O/c1-3-10-17-16(13-20,15-7-5-4-6-8-15)12-19-14(2)9-11-18-19/h4-9,11,17,20H,3,10,12-13H2,1-2H3. The van der Waals surface area contributed by atoms with Gasteiger partial charge in [0.2, 0.25) is 0 Å². The Labute approximate surface area is 120 Å². The van der Waals surface area contributed by atoms with Gasteiger partial charge in [0.25, 0.3) is 0 Å². The molecule has 2 rings (SSSR count). The number of nitrogens with zero attached hydrogens (tertiary/aromatic N) is 2. The average Bonchev–Trinajstić information content (AvgIpc) is 2.89. The van der Waals surface area contributed by atoms with Gasteiger partial charge in [-0.25, -0.2) is 0 Å². The molecule has 0 aliphatic rings.